The molecule has 1 N–H and O–H groups in total. The Morgan fingerprint density at radius 3 is 2.46 bits per heavy atom. The van der Waals surface area contributed by atoms with Crippen molar-refractivity contribution in [3.8, 4) is 0 Å². The monoisotopic (exact) mass is 349 g/mol. The van der Waals surface area contributed by atoms with Gasteiger partial charge in [-0.25, -0.2) is 0 Å². The summed E-state index contributed by atoms with van der Waals surface area (Å²) >= 11 is 0. The molecular weight excluding hydrogens is 326 g/mol. The second kappa shape index (κ2) is 7.52. The highest BCUT2D eigenvalue weighted by Gasteiger charge is 2.33. The van der Waals surface area contributed by atoms with Gasteiger partial charge in [0.2, 0.25) is 5.91 Å². The van der Waals surface area contributed by atoms with Crippen molar-refractivity contribution in [3.05, 3.63) is 59.7 Å². The van der Waals surface area contributed by atoms with Gasteiger partial charge in [0.25, 0.3) is 5.91 Å². The third-order valence-corrected chi connectivity index (χ3v) is 4.66. The molecule has 2 amide bonds. The fraction of sp³-hybridized carbons (Fsp3) is 0.286. The number of nitrogens with zero attached hydrogens (tertiary/aromatic N) is 2. The summed E-state index contributed by atoms with van der Waals surface area (Å²) in [6, 6.07) is 15.0. The third-order valence-electron chi connectivity index (χ3n) is 4.66. The number of carbonyl (C=O) groups is 2. The lowest BCUT2D eigenvalue weighted by Crippen LogP contribution is -2.30. The number of rotatable bonds is 5. The minimum Gasteiger partial charge on any atom is -0.339 e. The summed E-state index contributed by atoms with van der Waals surface area (Å²) < 4.78 is 0. The molecule has 2 aromatic rings. The largest absolute Gasteiger partial charge is 0.339 e. The zero-order chi connectivity index (χ0) is 18.7. The zero-order valence-corrected chi connectivity index (χ0v) is 15.3. The van der Waals surface area contributed by atoms with Crippen molar-refractivity contribution in [1.29, 1.82) is 0 Å². The van der Waals surface area contributed by atoms with Crippen LogP contribution in [0.15, 0.2) is 53.5 Å². The van der Waals surface area contributed by atoms with E-state index in [1.807, 2.05) is 57.2 Å². The van der Waals surface area contributed by atoms with Gasteiger partial charge in [0, 0.05) is 30.1 Å². The van der Waals surface area contributed by atoms with E-state index in [2.05, 4.69) is 10.3 Å². The first-order valence-electron chi connectivity index (χ1n) is 8.89. The minimum atomic E-state index is -0.477. The van der Waals surface area contributed by atoms with Crippen molar-refractivity contribution in [2.24, 2.45) is 4.99 Å². The molecular formula is C21H23N3O2. The fourth-order valence-electron chi connectivity index (χ4n) is 3.27. The maximum absolute atomic E-state index is 12.6. The third kappa shape index (κ3) is 3.38. The summed E-state index contributed by atoms with van der Waals surface area (Å²) in [6.45, 7) is 7.08. The van der Waals surface area contributed by atoms with E-state index in [1.165, 1.54) is 0 Å². The molecule has 1 heterocycles. The van der Waals surface area contributed by atoms with Crippen molar-refractivity contribution >= 4 is 28.9 Å². The Bertz CT molecular complexity index is 855. The Balaban J connectivity index is 1.97. The summed E-state index contributed by atoms with van der Waals surface area (Å²) in [7, 11) is 0. The first kappa shape index (κ1) is 17.9. The van der Waals surface area contributed by atoms with Gasteiger partial charge in [0.15, 0.2) is 0 Å². The maximum Gasteiger partial charge on any atom is 0.253 e. The van der Waals surface area contributed by atoms with E-state index in [0.717, 1.165) is 16.9 Å². The molecule has 0 saturated heterocycles. The molecule has 5 heteroatoms. The van der Waals surface area contributed by atoms with Crippen LogP contribution in [0.5, 0.6) is 0 Å². The predicted octanol–water partition coefficient (Wildman–Crippen LogP) is 4.00. The Morgan fingerprint density at radius 2 is 1.81 bits per heavy atom. The van der Waals surface area contributed by atoms with Crippen LogP contribution in [0.1, 0.15) is 42.6 Å². The van der Waals surface area contributed by atoms with Gasteiger partial charge in [-0.1, -0.05) is 18.2 Å². The Kier molecular flexibility index (Phi) is 5.16. The molecule has 0 bridgehead atoms. The quantitative estimate of drug-likeness (QED) is 0.830. The molecule has 26 heavy (non-hydrogen) atoms. The molecule has 1 unspecified atom stereocenters. The topological polar surface area (TPSA) is 61.8 Å². The Hall–Kier alpha value is -2.95. The molecule has 0 fully saturated rings. The molecule has 0 radical (unpaired) electrons. The lowest BCUT2D eigenvalue weighted by molar-refractivity contribution is -0.115. The number of amides is 2. The Morgan fingerprint density at radius 1 is 1.12 bits per heavy atom. The van der Waals surface area contributed by atoms with Crippen molar-refractivity contribution in [2.45, 2.75) is 26.7 Å². The highest BCUT2D eigenvalue weighted by atomic mass is 16.2. The lowest BCUT2D eigenvalue weighted by atomic mass is 9.94. The van der Waals surface area contributed by atoms with E-state index in [-0.39, 0.29) is 11.8 Å². The minimum absolute atomic E-state index is 0.0199. The van der Waals surface area contributed by atoms with Crippen LogP contribution in [-0.4, -0.2) is 35.5 Å². The van der Waals surface area contributed by atoms with E-state index in [0.29, 0.717) is 24.4 Å². The number of para-hydroxylation sites is 1. The molecule has 0 aromatic heterocycles. The van der Waals surface area contributed by atoms with Crippen LogP contribution in [0.2, 0.25) is 0 Å². The van der Waals surface area contributed by atoms with Gasteiger partial charge in [0.1, 0.15) is 5.92 Å². The van der Waals surface area contributed by atoms with Crippen LogP contribution in [0.4, 0.5) is 11.4 Å². The molecule has 1 atom stereocenters. The molecule has 134 valence electrons. The number of fused-ring (bicyclic) bond motifs is 1. The van der Waals surface area contributed by atoms with Crippen LogP contribution in [0, 0.1) is 0 Å². The summed E-state index contributed by atoms with van der Waals surface area (Å²) in [6.07, 6.45) is 0. The van der Waals surface area contributed by atoms with Crippen LogP contribution in [-0.2, 0) is 4.79 Å². The first-order chi connectivity index (χ1) is 12.5. The van der Waals surface area contributed by atoms with Crippen LogP contribution >= 0.6 is 0 Å². The number of hydrogen-bond donors (Lipinski definition) is 1. The maximum atomic E-state index is 12.6. The molecule has 3 rings (SSSR count). The molecule has 1 aliphatic heterocycles. The molecule has 5 nitrogen and oxygen atoms in total. The Labute approximate surface area is 153 Å². The smallest absolute Gasteiger partial charge is 0.253 e. The van der Waals surface area contributed by atoms with Crippen molar-refractivity contribution in [2.75, 3.05) is 18.4 Å². The van der Waals surface area contributed by atoms with Gasteiger partial charge < -0.3 is 10.2 Å². The van der Waals surface area contributed by atoms with E-state index in [1.54, 1.807) is 17.0 Å². The van der Waals surface area contributed by atoms with E-state index >= 15 is 0 Å². The number of nitrogens with one attached hydrogen (secondary N) is 1. The van der Waals surface area contributed by atoms with E-state index < -0.39 is 5.92 Å². The van der Waals surface area contributed by atoms with Gasteiger partial charge in [-0.2, -0.15) is 0 Å². The molecule has 2 aromatic carbocycles. The zero-order valence-electron chi connectivity index (χ0n) is 15.3. The summed E-state index contributed by atoms with van der Waals surface area (Å²) in [4.78, 5) is 31.5. The standard InChI is InChI=1S/C21H23N3O2/c1-4-24(5-2)21(26)15-11-12-18-17(13-15)19(20(25)23-18)14(3)22-16-9-7-6-8-10-16/h6-13,19H,4-5H2,1-3H3,(H,23,25). The van der Waals surface area contributed by atoms with Gasteiger partial charge in [-0.3, -0.25) is 14.6 Å². The van der Waals surface area contributed by atoms with Crippen LogP contribution in [0.25, 0.3) is 0 Å². The van der Waals surface area contributed by atoms with E-state index in [4.69, 9.17) is 0 Å². The van der Waals surface area contributed by atoms with Crippen LogP contribution < -0.4 is 5.32 Å². The van der Waals surface area contributed by atoms with Crippen molar-refractivity contribution in [3.63, 3.8) is 0 Å². The summed E-state index contributed by atoms with van der Waals surface area (Å²) in [5, 5.41) is 2.89. The molecule has 0 aliphatic carbocycles. The van der Waals surface area contributed by atoms with Gasteiger partial charge in [-0.15, -0.1) is 0 Å². The number of carbonyl (C=O) groups excluding carboxylic acids is 2. The number of aliphatic imine (C=N–C) groups is 1. The normalized spacial score (nSPS) is 16.2. The molecule has 0 spiro atoms. The average Bonchev–Trinajstić information content (AvgIpc) is 2.98. The predicted molar refractivity (Wildman–Crippen MR) is 104 cm³/mol. The SMILES string of the molecule is CCN(CC)C(=O)c1ccc2c(c1)C(C(C)=Nc1ccccc1)C(=O)N2. The second-order valence-corrected chi connectivity index (χ2v) is 6.29. The van der Waals surface area contributed by atoms with Crippen LogP contribution in [0.3, 0.4) is 0 Å². The fourth-order valence-corrected chi connectivity index (χ4v) is 3.27. The highest BCUT2D eigenvalue weighted by Crippen LogP contribution is 2.35. The van der Waals surface area contributed by atoms with Crippen molar-refractivity contribution in [1.82, 2.24) is 4.90 Å². The number of benzene rings is 2. The second-order valence-electron chi connectivity index (χ2n) is 6.29. The molecule has 1 aliphatic rings. The summed E-state index contributed by atoms with van der Waals surface area (Å²) in [5.74, 6) is -0.604. The molecule has 0 saturated carbocycles. The highest BCUT2D eigenvalue weighted by molar-refractivity contribution is 6.18. The van der Waals surface area contributed by atoms with Gasteiger partial charge in [0.05, 0.1) is 5.69 Å². The van der Waals surface area contributed by atoms with E-state index in [9.17, 15) is 9.59 Å². The van der Waals surface area contributed by atoms with Gasteiger partial charge in [-0.05, 0) is 56.7 Å². The average molecular weight is 349 g/mol. The van der Waals surface area contributed by atoms with Gasteiger partial charge >= 0.3 is 0 Å². The van der Waals surface area contributed by atoms with Crippen molar-refractivity contribution < 1.29 is 9.59 Å². The first-order valence-corrected chi connectivity index (χ1v) is 8.89. The summed E-state index contributed by atoms with van der Waals surface area (Å²) in [5.41, 5.74) is 3.67. The number of anilines is 1. The number of hydrogen-bond acceptors (Lipinski definition) is 3. The lowest BCUT2D eigenvalue weighted by Gasteiger charge is -2.19.